The molecule has 0 saturated heterocycles. The fourth-order valence-electron chi connectivity index (χ4n) is 0.866. The van der Waals surface area contributed by atoms with Crippen LogP contribution in [0.5, 0.6) is 0 Å². The Morgan fingerprint density at radius 1 is 1.40 bits per heavy atom. The van der Waals surface area contributed by atoms with E-state index in [9.17, 15) is 14.4 Å². The van der Waals surface area contributed by atoms with Gasteiger partial charge in [-0.05, 0) is 12.2 Å². The maximum Gasteiger partial charge on any atom is 0.328 e. The van der Waals surface area contributed by atoms with Crippen LogP contribution >= 0.6 is 12.2 Å². The smallest absolute Gasteiger partial charge is 0.328 e. The van der Waals surface area contributed by atoms with Gasteiger partial charge in [0.25, 0.3) is 0 Å². The molecule has 0 unspecified atom stereocenters. The number of carbonyl (C=O) groups is 1. The average molecular weight is 230 g/mol. The minimum absolute atomic E-state index is 0.00907. The lowest BCUT2D eigenvalue weighted by molar-refractivity contribution is -0.129. The lowest BCUT2D eigenvalue weighted by atomic mass is 10.5. The Bertz CT molecular complexity index is 538. The number of aromatic nitrogens is 3. The number of amides is 1. The molecule has 1 amide bonds. The van der Waals surface area contributed by atoms with Gasteiger partial charge >= 0.3 is 11.1 Å². The zero-order valence-electron chi connectivity index (χ0n) is 8.23. The van der Waals surface area contributed by atoms with E-state index in [-0.39, 0.29) is 17.2 Å². The number of nitrogens with zero attached hydrogens (tertiary/aromatic N) is 2. The highest BCUT2D eigenvalue weighted by Crippen LogP contribution is 1.85. The molecule has 1 aromatic rings. The zero-order valence-corrected chi connectivity index (χ0v) is 9.05. The van der Waals surface area contributed by atoms with Gasteiger partial charge in [-0.25, -0.2) is 0 Å². The van der Waals surface area contributed by atoms with Gasteiger partial charge in [0.15, 0.2) is 4.77 Å². The van der Waals surface area contributed by atoms with E-state index in [4.69, 9.17) is 12.2 Å². The third-order valence-corrected chi connectivity index (χ3v) is 2.08. The minimum Gasteiger partial charge on any atom is -0.347 e. The Hall–Kier alpha value is -1.70. The molecule has 7 nitrogen and oxygen atoms in total. The summed E-state index contributed by atoms with van der Waals surface area (Å²) in [6.07, 6.45) is 0. The summed E-state index contributed by atoms with van der Waals surface area (Å²) in [6, 6.07) is 0. The van der Waals surface area contributed by atoms with Gasteiger partial charge in [0, 0.05) is 14.1 Å². The van der Waals surface area contributed by atoms with E-state index in [1.165, 1.54) is 4.90 Å². The number of likely N-dealkylation sites (N-methyl/N-ethyl adjacent to an activating group) is 1. The third kappa shape index (κ3) is 2.40. The molecule has 1 heterocycles. The summed E-state index contributed by atoms with van der Waals surface area (Å²) < 4.78 is 0.922. The molecule has 0 bridgehead atoms. The van der Waals surface area contributed by atoms with E-state index in [0.29, 0.717) is 0 Å². The summed E-state index contributed by atoms with van der Waals surface area (Å²) in [6.45, 7) is -0.245. The van der Waals surface area contributed by atoms with Crippen molar-refractivity contribution in [1.82, 2.24) is 19.7 Å². The van der Waals surface area contributed by atoms with E-state index in [2.05, 4.69) is 10.2 Å². The van der Waals surface area contributed by atoms with Crippen molar-refractivity contribution in [1.29, 1.82) is 0 Å². The first-order valence-corrected chi connectivity index (χ1v) is 4.46. The fourth-order valence-corrected chi connectivity index (χ4v) is 1.06. The van der Waals surface area contributed by atoms with Crippen LogP contribution in [0, 0.1) is 4.77 Å². The van der Waals surface area contributed by atoms with Crippen molar-refractivity contribution in [3.8, 4) is 0 Å². The maximum absolute atomic E-state index is 11.3. The second-order valence-electron chi connectivity index (χ2n) is 3.06. The maximum atomic E-state index is 11.3. The van der Waals surface area contributed by atoms with Crippen LogP contribution in [0.2, 0.25) is 0 Å². The molecular formula is C7H10N4O3S. The first-order chi connectivity index (χ1) is 6.93. The summed E-state index contributed by atoms with van der Waals surface area (Å²) >= 11 is 4.77. The fraction of sp³-hybridized carbons (Fsp3) is 0.429. The molecule has 0 aliphatic heterocycles. The lowest BCUT2D eigenvalue weighted by Crippen LogP contribution is -2.41. The van der Waals surface area contributed by atoms with Crippen LogP contribution in [-0.2, 0) is 11.3 Å². The number of hydrogen-bond donors (Lipinski definition) is 2. The van der Waals surface area contributed by atoms with Crippen LogP contribution in [0.15, 0.2) is 9.59 Å². The average Bonchev–Trinajstić information content (AvgIpc) is 2.18. The standard InChI is InChI=1S/C7H10N4O3S/c1-10(2)4(12)3-11-6(14)5(13)8-9-7(11)15/h3H2,1-2H3,(H,8,13)(H,9,15). The molecule has 82 valence electrons. The second kappa shape index (κ2) is 4.22. The monoisotopic (exact) mass is 230 g/mol. The largest absolute Gasteiger partial charge is 0.347 e. The number of carbonyl (C=O) groups excluding carboxylic acids is 1. The van der Waals surface area contributed by atoms with Gasteiger partial charge in [-0.2, -0.15) is 0 Å². The Kier molecular flexibility index (Phi) is 3.20. The molecule has 0 atom stereocenters. The molecule has 0 aliphatic carbocycles. The Balaban J connectivity index is 3.22. The molecule has 0 radical (unpaired) electrons. The van der Waals surface area contributed by atoms with Crippen LogP contribution in [0.3, 0.4) is 0 Å². The van der Waals surface area contributed by atoms with Crippen molar-refractivity contribution >= 4 is 18.1 Å². The number of aromatic amines is 2. The first kappa shape index (κ1) is 11.4. The van der Waals surface area contributed by atoms with Crippen molar-refractivity contribution in [3.05, 3.63) is 25.5 Å². The second-order valence-corrected chi connectivity index (χ2v) is 3.45. The van der Waals surface area contributed by atoms with Gasteiger partial charge in [-0.3, -0.25) is 29.1 Å². The molecule has 8 heteroatoms. The van der Waals surface area contributed by atoms with Crippen LogP contribution in [0.1, 0.15) is 0 Å². The highest BCUT2D eigenvalue weighted by atomic mass is 32.1. The zero-order chi connectivity index (χ0) is 11.6. The normalized spacial score (nSPS) is 10.0. The summed E-state index contributed by atoms with van der Waals surface area (Å²) in [5, 5.41) is 4.39. The summed E-state index contributed by atoms with van der Waals surface area (Å²) in [5.41, 5.74) is -1.68. The van der Waals surface area contributed by atoms with E-state index < -0.39 is 11.1 Å². The van der Waals surface area contributed by atoms with Crippen LogP contribution in [0.25, 0.3) is 0 Å². The van der Waals surface area contributed by atoms with Gasteiger partial charge in [0.2, 0.25) is 5.91 Å². The molecule has 0 aromatic carbocycles. The van der Waals surface area contributed by atoms with E-state index in [1.54, 1.807) is 14.1 Å². The predicted octanol–water partition coefficient (Wildman–Crippen LogP) is -1.32. The number of H-pyrrole nitrogens is 2. The van der Waals surface area contributed by atoms with E-state index in [0.717, 1.165) is 4.57 Å². The quantitative estimate of drug-likeness (QED) is 0.487. The molecule has 15 heavy (non-hydrogen) atoms. The molecule has 0 fully saturated rings. The van der Waals surface area contributed by atoms with Gasteiger partial charge in [0.1, 0.15) is 6.54 Å². The molecule has 0 saturated carbocycles. The van der Waals surface area contributed by atoms with Gasteiger partial charge < -0.3 is 4.90 Å². The third-order valence-electron chi connectivity index (χ3n) is 1.76. The van der Waals surface area contributed by atoms with Crippen LogP contribution in [0.4, 0.5) is 0 Å². The van der Waals surface area contributed by atoms with Gasteiger partial charge in [-0.1, -0.05) is 0 Å². The van der Waals surface area contributed by atoms with Gasteiger partial charge in [-0.15, -0.1) is 0 Å². The number of nitrogens with one attached hydrogen (secondary N) is 2. The molecule has 2 N–H and O–H groups in total. The Labute approximate surface area is 89.3 Å². The highest BCUT2D eigenvalue weighted by molar-refractivity contribution is 7.71. The highest BCUT2D eigenvalue weighted by Gasteiger charge is 2.09. The SMILES string of the molecule is CN(C)C(=O)Cn1c(=S)[nH][nH]c(=O)c1=O. The summed E-state index contributed by atoms with van der Waals surface area (Å²) in [7, 11) is 3.10. The number of rotatable bonds is 2. The van der Waals surface area contributed by atoms with Gasteiger partial charge in [0.05, 0.1) is 0 Å². The van der Waals surface area contributed by atoms with E-state index in [1.807, 2.05) is 0 Å². The van der Waals surface area contributed by atoms with Crippen molar-refractivity contribution < 1.29 is 4.79 Å². The molecule has 1 aromatic heterocycles. The number of hydrogen-bond acceptors (Lipinski definition) is 4. The summed E-state index contributed by atoms with van der Waals surface area (Å²) in [5.74, 6) is -0.317. The van der Waals surface area contributed by atoms with Crippen molar-refractivity contribution in [2.24, 2.45) is 0 Å². The molecule has 1 rings (SSSR count). The Morgan fingerprint density at radius 3 is 2.53 bits per heavy atom. The molecule has 0 spiro atoms. The summed E-state index contributed by atoms with van der Waals surface area (Å²) in [4.78, 5) is 34.9. The lowest BCUT2D eigenvalue weighted by Gasteiger charge is -2.10. The van der Waals surface area contributed by atoms with Crippen molar-refractivity contribution in [2.75, 3.05) is 14.1 Å². The minimum atomic E-state index is -0.839. The van der Waals surface area contributed by atoms with Crippen molar-refractivity contribution in [3.63, 3.8) is 0 Å². The molecule has 0 aliphatic rings. The molecular weight excluding hydrogens is 220 g/mol. The van der Waals surface area contributed by atoms with Crippen LogP contribution in [-0.4, -0.2) is 39.7 Å². The van der Waals surface area contributed by atoms with Crippen molar-refractivity contribution in [2.45, 2.75) is 6.54 Å². The van der Waals surface area contributed by atoms with Crippen LogP contribution < -0.4 is 11.1 Å². The Morgan fingerprint density at radius 2 is 2.00 bits per heavy atom. The van der Waals surface area contributed by atoms with E-state index >= 15 is 0 Å². The topological polar surface area (TPSA) is 91.0 Å². The first-order valence-electron chi connectivity index (χ1n) is 4.05. The predicted molar refractivity (Wildman–Crippen MR) is 55.2 cm³/mol.